The minimum absolute atomic E-state index is 0.0247. The van der Waals surface area contributed by atoms with E-state index in [1.165, 1.54) is 25.2 Å². The van der Waals surface area contributed by atoms with Crippen molar-refractivity contribution in [2.45, 2.75) is 6.92 Å². The molecule has 0 aliphatic carbocycles. The van der Waals surface area contributed by atoms with E-state index in [0.29, 0.717) is 5.69 Å². The van der Waals surface area contributed by atoms with Crippen LogP contribution in [0, 0.1) is 12.7 Å². The summed E-state index contributed by atoms with van der Waals surface area (Å²) in [6, 6.07) is 4.10. The minimum atomic E-state index is -1.16. The minimum Gasteiger partial charge on any atom is -0.478 e. The normalized spacial score (nSPS) is 10.5. The summed E-state index contributed by atoms with van der Waals surface area (Å²) < 4.78 is 17.5. The van der Waals surface area contributed by atoms with E-state index in [-0.39, 0.29) is 20.6 Å². The summed E-state index contributed by atoms with van der Waals surface area (Å²) in [5, 5.41) is 9.40. The summed E-state index contributed by atoms with van der Waals surface area (Å²) in [6.07, 6.45) is 0. The number of aromatic nitrogens is 1. The number of carbonyl (C=O) groups is 2. The van der Waals surface area contributed by atoms with Crippen molar-refractivity contribution < 1.29 is 19.1 Å². The highest BCUT2D eigenvalue weighted by atomic mass is 79.9. The molecule has 1 aromatic carbocycles. The van der Waals surface area contributed by atoms with Gasteiger partial charge in [0.2, 0.25) is 0 Å². The molecule has 2 rings (SSSR count). The van der Waals surface area contributed by atoms with E-state index in [4.69, 9.17) is 0 Å². The second-order valence-electron chi connectivity index (χ2n) is 4.22. The number of benzene rings is 1. The quantitative estimate of drug-likeness (QED) is 0.896. The van der Waals surface area contributed by atoms with Crippen molar-refractivity contribution in [1.29, 1.82) is 0 Å². The van der Waals surface area contributed by atoms with Crippen LogP contribution in [0.2, 0.25) is 0 Å². The number of amides is 1. The number of hydrogen-bond donors (Lipinski definition) is 1. The summed E-state index contributed by atoms with van der Waals surface area (Å²) in [6.45, 7) is 1.56. The van der Waals surface area contributed by atoms with Crippen LogP contribution < -0.4 is 4.90 Å². The molecule has 5 nitrogen and oxygen atoms in total. The Kier molecular flexibility index (Phi) is 4.38. The number of hydrogen-bond acceptors (Lipinski definition) is 4. The third-order valence-electron chi connectivity index (χ3n) is 2.85. The fraction of sp³-hybridized carbons (Fsp3) is 0.154. The standard InChI is InChI=1S/C13H10BrFN2O3S/c1-6-9(13(19)20)12(21-16-6)17(2)11(18)7-4-3-5-8(15)10(7)14/h3-5H,1-2H3,(H,19,20). The fourth-order valence-corrected chi connectivity index (χ4v) is 3.06. The Hall–Kier alpha value is -1.80. The zero-order valence-corrected chi connectivity index (χ0v) is 13.5. The van der Waals surface area contributed by atoms with Crippen LogP contribution in [0.5, 0.6) is 0 Å². The van der Waals surface area contributed by atoms with Crippen molar-refractivity contribution in [2.75, 3.05) is 11.9 Å². The fourth-order valence-electron chi connectivity index (χ4n) is 1.77. The van der Waals surface area contributed by atoms with Crippen molar-refractivity contribution in [3.05, 3.63) is 45.3 Å². The molecule has 0 aliphatic rings. The van der Waals surface area contributed by atoms with Gasteiger partial charge in [0.1, 0.15) is 16.4 Å². The molecule has 0 saturated heterocycles. The number of carbonyl (C=O) groups excluding carboxylic acids is 1. The van der Waals surface area contributed by atoms with Gasteiger partial charge in [0.25, 0.3) is 5.91 Å². The van der Waals surface area contributed by atoms with E-state index in [1.54, 1.807) is 6.92 Å². The SMILES string of the molecule is Cc1nsc(N(C)C(=O)c2cccc(F)c2Br)c1C(=O)O. The van der Waals surface area contributed by atoms with Gasteiger partial charge >= 0.3 is 5.97 Å². The van der Waals surface area contributed by atoms with Crippen LogP contribution in [-0.2, 0) is 0 Å². The third-order valence-corrected chi connectivity index (χ3v) is 4.67. The van der Waals surface area contributed by atoms with Gasteiger partial charge in [-0.25, -0.2) is 9.18 Å². The average Bonchev–Trinajstić information content (AvgIpc) is 2.82. The molecule has 1 aromatic heterocycles. The lowest BCUT2D eigenvalue weighted by molar-refractivity contribution is 0.0697. The Morgan fingerprint density at radius 1 is 1.43 bits per heavy atom. The van der Waals surface area contributed by atoms with Gasteiger partial charge in [-0.05, 0) is 46.5 Å². The topological polar surface area (TPSA) is 70.5 Å². The molecule has 0 saturated carbocycles. The van der Waals surface area contributed by atoms with Gasteiger partial charge in [0.05, 0.1) is 15.7 Å². The molecule has 1 amide bonds. The van der Waals surface area contributed by atoms with Crippen LogP contribution in [0.15, 0.2) is 22.7 Å². The summed E-state index contributed by atoms with van der Waals surface area (Å²) in [5.74, 6) is -2.24. The Morgan fingerprint density at radius 3 is 2.71 bits per heavy atom. The average molecular weight is 373 g/mol. The highest BCUT2D eigenvalue weighted by Gasteiger charge is 2.26. The molecule has 0 radical (unpaired) electrons. The lowest BCUT2D eigenvalue weighted by atomic mass is 10.2. The Balaban J connectivity index is 2.45. The molecule has 0 unspecified atom stereocenters. The van der Waals surface area contributed by atoms with Crippen molar-refractivity contribution >= 4 is 44.3 Å². The molecular weight excluding hydrogens is 363 g/mol. The third kappa shape index (κ3) is 2.81. The second-order valence-corrected chi connectivity index (χ2v) is 5.76. The first kappa shape index (κ1) is 15.6. The smallest absolute Gasteiger partial charge is 0.340 e. The second kappa shape index (κ2) is 5.90. The number of carboxylic acid groups (broad SMARTS) is 1. The summed E-state index contributed by atoms with van der Waals surface area (Å²) >= 11 is 3.93. The molecule has 2 aromatic rings. The predicted molar refractivity (Wildman–Crippen MR) is 80.6 cm³/mol. The highest BCUT2D eigenvalue weighted by molar-refractivity contribution is 9.10. The summed E-state index contributed by atoms with van der Waals surface area (Å²) in [4.78, 5) is 24.8. The van der Waals surface area contributed by atoms with Gasteiger partial charge in [-0.3, -0.25) is 4.79 Å². The van der Waals surface area contributed by atoms with Crippen LogP contribution in [0.25, 0.3) is 0 Å². The van der Waals surface area contributed by atoms with Crippen molar-refractivity contribution in [3.63, 3.8) is 0 Å². The molecule has 110 valence electrons. The molecule has 21 heavy (non-hydrogen) atoms. The van der Waals surface area contributed by atoms with Crippen molar-refractivity contribution in [3.8, 4) is 0 Å². The molecule has 0 aliphatic heterocycles. The maximum Gasteiger partial charge on any atom is 0.340 e. The molecule has 1 N–H and O–H groups in total. The maximum atomic E-state index is 13.5. The monoisotopic (exact) mass is 372 g/mol. The van der Waals surface area contributed by atoms with Gasteiger partial charge in [-0.15, -0.1) is 0 Å². The van der Waals surface area contributed by atoms with Crippen molar-refractivity contribution in [2.24, 2.45) is 0 Å². The lowest BCUT2D eigenvalue weighted by Crippen LogP contribution is -2.27. The largest absolute Gasteiger partial charge is 0.478 e. The van der Waals surface area contributed by atoms with Crippen LogP contribution in [-0.4, -0.2) is 28.4 Å². The Labute approximate surface area is 132 Å². The zero-order chi connectivity index (χ0) is 15.7. The van der Waals surface area contributed by atoms with Crippen LogP contribution >= 0.6 is 27.5 Å². The first-order valence-corrected chi connectivity index (χ1v) is 7.32. The van der Waals surface area contributed by atoms with E-state index in [2.05, 4.69) is 20.3 Å². The molecule has 0 fully saturated rings. The van der Waals surface area contributed by atoms with E-state index in [9.17, 15) is 19.1 Å². The Morgan fingerprint density at radius 2 is 2.10 bits per heavy atom. The zero-order valence-electron chi connectivity index (χ0n) is 11.1. The Bertz CT molecular complexity index is 732. The van der Waals surface area contributed by atoms with E-state index in [0.717, 1.165) is 16.4 Å². The molecule has 8 heteroatoms. The number of nitrogens with zero attached hydrogens (tertiary/aromatic N) is 2. The van der Waals surface area contributed by atoms with Gasteiger partial charge in [-0.1, -0.05) is 6.07 Å². The molecule has 0 bridgehead atoms. The first-order chi connectivity index (χ1) is 9.84. The van der Waals surface area contributed by atoms with E-state index in [1.807, 2.05) is 0 Å². The predicted octanol–water partition coefficient (Wildman–Crippen LogP) is 3.33. The first-order valence-electron chi connectivity index (χ1n) is 5.76. The molecule has 0 atom stereocenters. The number of halogens is 2. The maximum absolute atomic E-state index is 13.5. The van der Waals surface area contributed by atoms with Crippen molar-refractivity contribution in [1.82, 2.24) is 4.37 Å². The number of anilines is 1. The van der Waals surface area contributed by atoms with E-state index < -0.39 is 17.7 Å². The van der Waals surface area contributed by atoms with Gasteiger partial charge in [0.15, 0.2) is 0 Å². The van der Waals surface area contributed by atoms with Crippen LogP contribution in [0.1, 0.15) is 26.4 Å². The number of aryl methyl sites for hydroxylation is 1. The van der Waals surface area contributed by atoms with Gasteiger partial charge in [0, 0.05) is 7.05 Å². The van der Waals surface area contributed by atoms with E-state index >= 15 is 0 Å². The number of carboxylic acids is 1. The lowest BCUT2D eigenvalue weighted by Gasteiger charge is -2.16. The summed E-state index contributed by atoms with van der Waals surface area (Å²) in [7, 11) is 1.43. The summed E-state index contributed by atoms with van der Waals surface area (Å²) in [5.41, 5.74) is 0.420. The van der Waals surface area contributed by atoms with Gasteiger partial charge in [-0.2, -0.15) is 4.37 Å². The van der Waals surface area contributed by atoms with Crippen LogP contribution in [0.3, 0.4) is 0 Å². The van der Waals surface area contributed by atoms with Crippen LogP contribution in [0.4, 0.5) is 9.39 Å². The number of aromatic carboxylic acids is 1. The molecule has 1 heterocycles. The number of rotatable bonds is 3. The molecular formula is C13H10BrFN2O3S. The molecule has 0 spiro atoms. The highest BCUT2D eigenvalue weighted by Crippen LogP contribution is 2.30. The van der Waals surface area contributed by atoms with Gasteiger partial charge < -0.3 is 10.0 Å².